The second-order valence-electron chi connectivity index (χ2n) is 30.3. The van der Waals surface area contributed by atoms with Gasteiger partial charge in [0.1, 0.15) is 5.82 Å². The molecular weight excluding hydrogens is 1320 g/mol. The number of hydrogen-bond donors (Lipinski definition) is 0. The SMILES string of the molecule is C[Si](C)(C)c1ccc2c(c1)-c1ccccc1-c1ccccc1N2c1ccc2c(-c3ccccc3)c3c(c(-c4ccccc4)c2c1)-c1cccc2cccc-3c12.Cc1ccc2c(c1)-c1ccccc1-c1cc(F)ccc1N2c1ccc2c(-c3ccccc3)c3c(c(-c4ccccc4)c2c1)-c1cccc2cccc-3c12. The first-order valence-electron chi connectivity index (χ1n) is 37.6. The molecule has 508 valence electrons. The fourth-order valence-electron chi connectivity index (χ4n) is 18.5. The minimum absolute atomic E-state index is 0.248. The standard InChI is InChI=1S/C53H39NSi.C51H32FN/c1-55(2,3)38-29-31-48-45(33-38)40-23-11-10-22-39(40)41-24-12-13-27-47(41)54(48)37-28-30-42-46(32-37)51(36-18-8-5-9-19-36)53-44-26-15-21-34-20-14-25-43(49(34)44)52(53)50(42)35-16-6-4-7-17-35;1-31-22-26-45-42(28-31)37-18-8-9-19-38(37)43-29-35(52)23-27-46(43)53(45)36-24-25-39-44(30-36)49(34-14-6-3-7-15-34)51-41-21-11-17-32-16-10-20-40(47(32)41)50(51)48(39)33-12-4-2-5-13-33/h4-33H,1-3H3;2-30H,1H3. The first-order valence-corrected chi connectivity index (χ1v) is 41.1. The number of rotatable bonds is 7. The molecule has 0 radical (unpaired) electrons. The van der Waals surface area contributed by atoms with Crippen LogP contribution in [0.25, 0.3) is 177 Å². The van der Waals surface area contributed by atoms with Crippen molar-refractivity contribution in [3.05, 3.63) is 369 Å². The number of hydrogen-bond acceptors (Lipinski definition) is 2. The summed E-state index contributed by atoms with van der Waals surface area (Å²) in [6.07, 6.45) is 0. The molecule has 2 nitrogen and oxygen atoms in total. The van der Waals surface area contributed by atoms with Gasteiger partial charge in [0.15, 0.2) is 0 Å². The summed E-state index contributed by atoms with van der Waals surface area (Å²) in [5, 5.41) is 11.5. The van der Waals surface area contributed by atoms with Crippen molar-refractivity contribution < 1.29 is 4.39 Å². The molecule has 2 aliphatic heterocycles. The van der Waals surface area contributed by atoms with Crippen molar-refractivity contribution in [1.82, 2.24) is 0 Å². The van der Waals surface area contributed by atoms with Crippen LogP contribution in [0.1, 0.15) is 5.56 Å². The van der Waals surface area contributed by atoms with Crippen molar-refractivity contribution in [2.75, 3.05) is 9.80 Å². The number of fused-ring (bicyclic) bond motifs is 18. The highest BCUT2D eigenvalue weighted by Crippen LogP contribution is 2.62. The molecule has 0 fully saturated rings. The second-order valence-corrected chi connectivity index (χ2v) is 35.4. The maximum atomic E-state index is 15.2. The summed E-state index contributed by atoms with van der Waals surface area (Å²) in [7, 11) is -1.61. The van der Waals surface area contributed by atoms with Gasteiger partial charge in [0.2, 0.25) is 0 Å². The number of para-hydroxylation sites is 1. The predicted molar refractivity (Wildman–Crippen MR) is 459 cm³/mol. The van der Waals surface area contributed by atoms with Gasteiger partial charge in [-0.1, -0.05) is 322 Å². The Kier molecular flexibility index (Phi) is 14.5. The van der Waals surface area contributed by atoms with E-state index in [0.717, 1.165) is 45.0 Å². The highest BCUT2D eigenvalue weighted by molar-refractivity contribution is 6.88. The molecule has 4 heteroatoms. The summed E-state index contributed by atoms with van der Waals surface area (Å²) in [6.45, 7) is 9.47. The lowest BCUT2D eigenvalue weighted by Crippen LogP contribution is -2.37. The van der Waals surface area contributed by atoms with Crippen LogP contribution in [0, 0.1) is 12.7 Å². The third-order valence-electron chi connectivity index (χ3n) is 23.1. The van der Waals surface area contributed by atoms with Crippen LogP contribution in [0.4, 0.5) is 38.5 Å². The average molecular weight is 1400 g/mol. The minimum atomic E-state index is -1.61. The molecule has 0 N–H and O–H groups in total. The van der Waals surface area contributed by atoms with Crippen molar-refractivity contribution in [3.8, 4) is 134 Å². The molecule has 0 spiro atoms. The summed E-state index contributed by atoms with van der Waals surface area (Å²) >= 11 is 0. The zero-order chi connectivity index (χ0) is 72.0. The summed E-state index contributed by atoms with van der Waals surface area (Å²) < 4.78 is 15.2. The van der Waals surface area contributed by atoms with Gasteiger partial charge < -0.3 is 9.80 Å². The van der Waals surface area contributed by atoms with Crippen molar-refractivity contribution in [2.24, 2.45) is 0 Å². The van der Waals surface area contributed by atoms with Gasteiger partial charge in [0.25, 0.3) is 0 Å². The Morgan fingerprint density at radius 2 is 0.556 bits per heavy atom. The molecule has 2 aliphatic carbocycles. The lowest BCUT2D eigenvalue weighted by molar-refractivity contribution is 0.628. The number of aryl methyl sites for hydroxylation is 1. The van der Waals surface area contributed by atoms with Crippen molar-refractivity contribution in [3.63, 3.8) is 0 Å². The first kappa shape index (κ1) is 63.2. The fourth-order valence-corrected chi connectivity index (χ4v) is 19.6. The molecule has 108 heavy (non-hydrogen) atoms. The fraction of sp³-hybridized carbons (Fsp3) is 0.0385. The molecule has 18 aromatic carbocycles. The number of anilines is 6. The smallest absolute Gasteiger partial charge is 0.123 e. The monoisotopic (exact) mass is 1390 g/mol. The zero-order valence-corrected chi connectivity index (χ0v) is 61.3. The molecular formula is C104H71FN2Si. The van der Waals surface area contributed by atoms with Gasteiger partial charge in [-0.2, -0.15) is 0 Å². The van der Waals surface area contributed by atoms with Crippen LogP contribution in [0.2, 0.25) is 19.6 Å². The lowest BCUT2D eigenvalue weighted by atomic mass is 9.82. The Bertz CT molecular complexity index is 6710. The number of benzene rings is 18. The molecule has 0 atom stereocenters. The van der Waals surface area contributed by atoms with Gasteiger partial charge in [-0.3, -0.25) is 0 Å². The first-order chi connectivity index (χ1) is 53.1. The molecule has 0 bridgehead atoms. The summed E-state index contributed by atoms with van der Waals surface area (Å²) in [5.41, 5.74) is 37.3. The molecule has 0 saturated carbocycles. The lowest BCUT2D eigenvalue weighted by Gasteiger charge is -2.29. The Morgan fingerprint density at radius 1 is 0.231 bits per heavy atom. The highest BCUT2D eigenvalue weighted by Gasteiger charge is 2.36. The van der Waals surface area contributed by atoms with E-state index in [9.17, 15) is 0 Å². The second kappa shape index (κ2) is 24.7. The Labute approximate surface area is 629 Å². The van der Waals surface area contributed by atoms with Gasteiger partial charge in [-0.05, 0) is 228 Å². The Morgan fingerprint density at radius 3 is 0.972 bits per heavy atom. The van der Waals surface area contributed by atoms with Crippen LogP contribution in [0.5, 0.6) is 0 Å². The third kappa shape index (κ3) is 9.77. The summed E-state index contributed by atoms with van der Waals surface area (Å²) in [6, 6.07) is 131. The van der Waals surface area contributed by atoms with E-state index in [0.29, 0.717) is 0 Å². The van der Waals surface area contributed by atoms with E-state index >= 15 is 4.39 Å². The van der Waals surface area contributed by atoms with Crippen LogP contribution < -0.4 is 15.0 Å². The maximum absolute atomic E-state index is 15.2. The quantitative estimate of drug-likeness (QED) is 0.147. The Balaban J connectivity index is 0.000000138. The molecule has 0 unspecified atom stereocenters. The topological polar surface area (TPSA) is 6.48 Å². The number of halogens is 1. The normalized spacial score (nSPS) is 12.5. The Hall–Kier alpha value is -13.3. The van der Waals surface area contributed by atoms with Crippen molar-refractivity contribution >= 4 is 90.5 Å². The van der Waals surface area contributed by atoms with Gasteiger partial charge in [-0.25, -0.2) is 4.39 Å². The summed E-state index contributed by atoms with van der Waals surface area (Å²) in [4.78, 5) is 4.86. The van der Waals surface area contributed by atoms with E-state index in [1.165, 1.54) is 176 Å². The molecule has 2 heterocycles. The van der Waals surface area contributed by atoms with Crippen LogP contribution in [-0.2, 0) is 0 Å². The van der Waals surface area contributed by atoms with Crippen LogP contribution in [-0.4, -0.2) is 8.07 Å². The predicted octanol–water partition coefficient (Wildman–Crippen LogP) is 29.2. The number of nitrogens with zero attached hydrogens (tertiary/aromatic N) is 2. The molecule has 18 aromatic rings. The van der Waals surface area contributed by atoms with Gasteiger partial charge in [-0.15, -0.1) is 0 Å². The van der Waals surface area contributed by atoms with Gasteiger partial charge in [0.05, 0.1) is 30.8 Å². The van der Waals surface area contributed by atoms with E-state index in [1.807, 2.05) is 12.1 Å². The molecule has 0 amide bonds. The van der Waals surface area contributed by atoms with Gasteiger partial charge in [0, 0.05) is 33.6 Å². The van der Waals surface area contributed by atoms with Crippen LogP contribution in [0.15, 0.2) is 358 Å². The summed E-state index contributed by atoms with van der Waals surface area (Å²) in [5.74, 6) is -0.248. The minimum Gasteiger partial charge on any atom is -0.309 e. The van der Waals surface area contributed by atoms with E-state index in [4.69, 9.17) is 0 Å². The molecule has 0 saturated heterocycles. The van der Waals surface area contributed by atoms with Crippen molar-refractivity contribution in [2.45, 2.75) is 26.6 Å². The third-order valence-corrected chi connectivity index (χ3v) is 25.1. The largest absolute Gasteiger partial charge is 0.309 e. The van der Waals surface area contributed by atoms with Crippen LogP contribution >= 0.6 is 0 Å². The molecule has 4 aliphatic rings. The zero-order valence-electron chi connectivity index (χ0n) is 60.3. The van der Waals surface area contributed by atoms with E-state index < -0.39 is 8.07 Å². The van der Waals surface area contributed by atoms with Crippen molar-refractivity contribution in [1.29, 1.82) is 0 Å². The van der Waals surface area contributed by atoms with E-state index in [-0.39, 0.29) is 5.82 Å². The van der Waals surface area contributed by atoms with Crippen LogP contribution in [0.3, 0.4) is 0 Å². The van der Waals surface area contributed by atoms with E-state index in [2.05, 4.69) is 370 Å². The van der Waals surface area contributed by atoms with E-state index in [1.54, 1.807) is 12.1 Å². The molecule has 22 rings (SSSR count). The van der Waals surface area contributed by atoms with Gasteiger partial charge >= 0.3 is 0 Å². The molecule has 0 aromatic heterocycles. The maximum Gasteiger partial charge on any atom is 0.123 e. The average Bonchev–Trinajstić information content (AvgIpc) is 1.30. The highest BCUT2D eigenvalue weighted by atomic mass is 28.3.